The van der Waals surface area contributed by atoms with E-state index < -0.39 is 0 Å². The van der Waals surface area contributed by atoms with E-state index in [0.717, 1.165) is 6.54 Å². The maximum atomic E-state index is 3.22. The molecule has 9 heavy (non-hydrogen) atoms. The zero-order valence-electron chi connectivity index (χ0n) is 6.73. The van der Waals surface area contributed by atoms with E-state index >= 15 is 0 Å². The standard InChI is InChI=1S/C7H16N2/c1-5-7(8-6-2)9(3)4/h5,8H,6H2,1-4H3. The Kier molecular flexibility index (Phi) is 3.93. The van der Waals surface area contributed by atoms with Crippen LogP contribution in [0.3, 0.4) is 0 Å². The van der Waals surface area contributed by atoms with Crippen LogP contribution in [-0.4, -0.2) is 25.5 Å². The molecule has 0 saturated heterocycles. The number of hydrogen-bond donors (Lipinski definition) is 1. The first kappa shape index (κ1) is 8.34. The molecule has 0 aromatic carbocycles. The first-order chi connectivity index (χ1) is 4.22. The van der Waals surface area contributed by atoms with Gasteiger partial charge in [-0.1, -0.05) is 0 Å². The molecule has 0 saturated carbocycles. The topological polar surface area (TPSA) is 15.3 Å². The summed E-state index contributed by atoms with van der Waals surface area (Å²) in [6.07, 6.45) is 2.06. The van der Waals surface area contributed by atoms with Gasteiger partial charge in [-0.05, 0) is 19.9 Å². The van der Waals surface area contributed by atoms with Crippen LogP contribution in [0.2, 0.25) is 0 Å². The van der Waals surface area contributed by atoms with E-state index in [2.05, 4.69) is 23.2 Å². The third-order valence-electron chi connectivity index (χ3n) is 1.11. The number of nitrogens with one attached hydrogen (secondary N) is 1. The van der Waals surface area contributed by atoms with Gasteiger partial charge >= 0.3 is 0 Å². The van der Waals surface area contributed by atoms with Crippen molar-refractivity contribution >= 4 is 0 Å². The van der Waals surface area contributed by atoms with Crippen LogP contribution in [-0.2, 0) is 0 Å². The molecule has 0 heterocycles. The van der Waals surface area contributed by atoms with Gasteiger partial charge < -0.3 is 10.2 Å². The fourth-order valence-electron chi connectivity index (χ4n) is 0.699. The lowest BCUT2D eigenvalue weighted by Gasteiger charge is -2.17. The van der Waals surface area contributed by atoms with Gasteiger partial charge in [-0.3, -0.25) is 0 Å². The van der Waals surface area contributed by atoms with Gasteiger partial charge in [0, 0.05) is 20.6 Å². The molecule has 0 bridgehead atoms. The van der Waals surface area contributed by atoms with Crippen LogP contribution in [0.1, 0.15) is 13.8 Å². The average molecular weight is 128 g/mol. The molecule has 0 fully saturated rings. The van der Waals surface area contributed by atoms with Gasteiger partial charge in [-0.15, -0.1) is 0 Å². The van der Waals surface area contributed by atoms with Gasteiger partial charge in [-0.2, -0.15) is 0 Å². The Labute approximate surface area is 57.5 Å². The molecule has 1 N–H and O–H groups in total. The molecular formula is C7H16N2. The Balaban J connectivity index is 3.70. The van der Waals surface area contributed by atoms with E-state index in [0.29, 0.717) is 0 Å². The summed E-state index contributed by atoms with van der Waals surface area (Å²) in [7, 11) is 4.05. The van der Waals surface area contributed by atoms with Crippen LogP contribution in [0.5, 0.6) is 0 Å². The second kappa shape index (κ2) is 4.24. The number of rotatable bonds is 3. The first-order valence-electron chi connectivity index (χ1n) is 3.29. The minimum absolute atomic E-state index is 0.984. The van der Waals surface area contributed by atoms with E-state index in [1.165, 1.54) is 5.82 Å². The summed E-state index contributed by atoms with van der Waals surface area (Å²) in [5.41, 5.74) is 0. The van der Waals surface area contributed by atoms with Gasteiger partial charge in [0.1, 0.15) is 0 Å². The molecular weight excluding hydrogens is 112 g/mol. The van der Waals surface area contributed by atoms with Crippen LogP contribution in [0, 0.1) is 0 Å². The van der Waals surface area contributed by atoms with Crippen molar-refractivity contribution in [3.8, 4) is 0 Å². The molecule has 0 aliphatic carbocycles. The molecule has 0 aromatic rings. The van der Waals surface area contributed by atoms with Crippen molar-refractivity contribution in [3.05, 3.63) is 11.9 Å². The highest BCUT2D eigenvalue weighted by molar-refractivity contribution is 4.93. The molecule has 2 nitrogen and oxygen atoms in total. The third kappa shape index (κ3) is 3.01. The summed E-state index contributed by atoms with van der Waals surface area (Å²) < 4.78 is 0. The Morgan fingerprint density at radius 1 is 1.56 bits per heavy atom. The van der Waals surface area contributed by atoms with Crippen LogP contribution >= 0.6 is 0 Å². The Morgan fingerprint density at radius 2 is 2.11 bits per heavy atom. The SMILES string of the molecule is CC=C(NCC)N(C)C. The lowest BCUT2D eigenvalue weighted by molar-refractivity contribution is 0.464. The van der Waals surface area contributed by atoms with Crippen LogP contribution in [0.4, 0.5) is 0 Å². The molecule has 0 atom stereocenters. The van der Waals surface area contributed by atoms with Crippen molar-refractivity contribution in [2.24, 2.45) is 0 Å². The average Bonchev–Trinajstić information content (AvgIpc) is 1.82. The Morgan fingerprint density at radius 3 is 2.22 bits per heavy atom. The highest BCUT2D eigenvalue weighted by Crippen LogP contribution is 1.90. The van der Waals surface area contributed by atoms with Gasteiger partial charge in [-0.25, -0.2) is 0 Å². The summed E-state index contributed by atoms with van der Waals surface area (Å²) in [5.74, 6) is 1.18. The van der Waals surface area contributed by atoms with Gasteiger partial charge in [0.2, 0.25) is 0 Å². The van der Waals surface area contributed by atoms with E-state index in [1.54, 1.807) is 0 Å². The maximum Gasteiger partial charge on any atom is 0.0963 e. The second-order valence-electron chi connectivity index (χ2n) is 2.10. The van der Waals surface area contributed by atoms with Gasteiger partial charge in [0.15, 0.2) is 0 Å². The lowest BCUT2D eigenvalue weighted by atomic mass is 10.5. The monoisotopic (exact) mass is 128 g/mol. The Bertz CT molecular complexity index is 95.1. The predicted molar refractivity (Wildman–Crippen MR) is 41.1 cm³/mol. The van der Waals surface area contributed by atoms with Crippen molar-refractivity contribution in [2.45, 2.75) is 13.8 Å². The fourth-order valence-corrected chi connectivity index (χ4v) is 0.699. The van der Waals surface area contributed by atoms with Crippen molar-refractivity contribution in [1.82, 2.24) is 10.2 Å². The molecule has 0 amide bonds. The van der Waals surface area contributed by atoms with E-state index in [9.17, 15) is 0 Å². The molecule has 2 heteroatoms. The minimum Gasteiger partial charge on any atom is -0.372 e. The van der Waals surface area contributed by atoms with Crippen molar-refractivity contribution < 1.29 is 0 Å². The van der Waals surface area contributed by atoms with E-state index in [-0.39, 0.29) is 0 Å². The van der Waals surface area contributed by atoms with E-state index in [1.807, 2.05) is 21.0 Å². The van der Waals surface area contributed by atoms with Gasteiger partial charge in [0.05, 0.1) is 5.82 Å². The molecule has 0 spiro atoms. The van der Waals surface area contributed by atoms with Crippen molar-refractivity contribution in [3.63, 3.8) is 0 Å². The minimum atomic E-state index is 0.984. The van der Waals surface area contributed by atoms with Crippen LogP contribution in [0.15, 0.2) is 11.9 Å². The molecule has 0 aliphatic rings. The molecule has 0 radical (unpaired) electrons. The smallest absolute Gasteiger partial charge is 0.0963 e. The number of nitrogens with zero attached hydrogens (tertiary/aromatic N) is 1. The summed E-state index contributed by atoms with van der Waals surface area (Å²) in [6, 6.07) is 0. The fraction of sp³-hybridized carbons (Fsp3) is 0.714. The molecule has 0 unspecified atom stereocenters. The quantitative estimate of drug-likeness (QED) is 0.610. The molecule has 0 rings (SSSR count). The van der Waals surface area contributed by atoms with Crippen molar-refractivity contribution in [1.29, 1.82) is 0 Å². The third-order valence-corrected chi connectivity index (χ3v) is 1.11. The van der Waals surface area contributed by atoms with Crippen LogP contribution < -0.4 is 5.32 Å². The summed E-state index contributed by atoms with van der Waals surface area (Å²) in [6.45, 7) is 5.10. The van der Waals surface area contributed by atoms with Crippen LogP contribution in [0.25, 0.3) is 0 Å². The number of hydrogen-bond acceptors (Lipinski definition) is 2. The number of allylic oxidation sites excluding steroid dienone is 1. The summed E-state index contributed by atoms with van der Waals surface area (Å²) >= 11 is 0. The van der Waals surface area contributed by atoms with E-state index in [4.69, 9.17) is 0 Å². The molecule has 0 aromatic heterocycles. The normalized spacial score (nSPS) is 11.3. The zero-order valence-corrected chi connectivity index (χ0v) is 6.73. The lowest BCUT2D eigenvalue weighted by Crippen LogP contribution is -2.24. The molecule has 0 aliphatic heterocycles. The second-order valence-corrected chi connectivity index (χ2v) is 2.10. The highest BCUT2D eigenvalue weighted by atomic mass is 15.2. The summed E-state index contributed by atoms with van der Waals surface area (Å²) in [4.78, 5) is 2.06. The highest BCUT2D eigenvalue weighted by Gasteiger charge is 1.91. The first-order valence-corrected chi connectivity index (χ1v) is 3.29. The van der Waals surface area contributed by atoms with Gasteiger partial charge in [0.25, 0.3) is 0 Å². The Hall–Kier alpha value is -0.660. The molecule has 54 valence electrons. The zero-order chi connectivity index (χ0) is 7.28. The maximum absolute atomic E-state index is 3.22. The largest absolute Gasteiger partial charge is 0.372 e. The summed E-state index contributed by atoms with van der Waals surface area (Å²) in [5, 5.41) is 3.22. The van der Waals surface area contributed by atoms with Crippen molar-refractivity contribution in [2.75, 3.05) is 20.6 Å². The predicted octanol–water partition coefficient (Wildman–Crippen LogP) is 1.02.